The van der Waals surface area contributed by atoms with Crippen molar-refractivity contribution < 1.29 is 4.74 Å². The SMILES string of the molecule is COCC(C)NC(N)=NCc1cccc(CN2CCC(C)CC2)c1.I. The first-order valence-electron chi connectivity index (χ1n) is 8.92. The molecule has 1 unspecified atom stereocenters. The van der Waals surface area contributed by atoms with Crippen LogP contribution in [0.1, 0.15) is 37.8 Å². The van der Waals surface area contributed by atoms with Gasteiger partial charge in [0.1, 0.15) is 0 Å². The molecule has 1 heterocycles. The largest absolute Gasteiger partial charge is 0.383 e. The Morgan fingerprint density at radius 2 is 2.04 bits per heavy atom. The van der Waals surface area contributed by atoms with Crippen LogP contribution in [0.15, 0.2) is 29.3 Å². The van der Waals surface area contributed by atoms with Crippen LogP contribution in [-0.2, 0) is 17.8 Å². The number of nitrogens with zero attached hydrogens (tertiary/aromatic N) is 2. The van der Waals surface area contributed by atoms with Crippen LogP contribution >= 0.6 is 24.0 Å². The lowest BCUT2D eigenvalue weighted by Crippen LogP contribution is -2.40. The van der Waals surface area contributed by atoms with Gasteiger partial charge in [-0.2, -0.15) is 0 Å². The number of hydrogen-bond donors (Lipinski definition) is 2. The van der Waals surface area contributed by atoms with E-state index in [9.17, 15) is 0 Å². The molecule has 25 heavy (non-hydrogen) atoms. The molecule has 1 aromatic carbocycles. The van der Waals surface area contributed by atoms with Gasteiger partial charge in [-0.25, -0.2) is 4.99 Å². The Labute approximate surface area is 169 Å². The van der Waals surface area contributed by atoms with Crippen LogP contribution in [0.25, 0.3) is 0 Å². The molecule has 2 rings (SSSR count). The molecule has 1 aliphatic rings. The van der Waals surface area contributed by atoms with Crippen molar-refractivity contribution in [1.82, 2.24) is 10.2 Å². The molecule has 5 nitrogen and oxygen atoms in total. The molecule has 0 radical (unpaired) electrons. The molecule has 1 fully saturated rings. The number of ether oxygens (including phenoxy) is 1. The lowest BCUT2D eigenvalue weighted by Gasteiger charge is -2.30. The number of benzene rings is 1. The number of hydrogen-bond acceptors (Lipinski definition) is 3. The summed E-state index contributed by atoms with van der Waals surface area (Å²) in [4.78, 5) is 6.97. The lowest BCUT2D eigenvalue weighted by molar-refractivity contribution is 0.179. The maximum absolute atomic E-state index is 5.93. The molecule has 1 atom stereocenters. The van der Waals surface area contributed by atoms with Crippen molar-refractivity contribution in [1.29, 1.82) is 0 Å². The number of rotatable bonds is 7. The fourth-order valence-corrected chi connectivity index (χ4v) is 3.07. The van der Waals surface area contributed by atoms with Crippen molar-refractivity contribution in [3.63, 3.8) is 0 Å². The zero-order valence-electron chi connectivity index (χ0n) is 15.7. The highest BCUT2D eigenvalue weighted by Gasteiger charge is 2.15. The second-order valence-corrected chi connectivity index (χ2v) is 6.98. The molecule has 1 aliphatic heterocycles. The molecule has 0 amide bonds. The Hall–Kier alpha value is -0.860. The molecule has 0 spiro atoms. The summed E-state index contributed by atoms with van der Waals surface area (Å²) in [5.74, 6) is 1.34. The Morgan fingerprint density at radius 3 is 2.72 bits per heavy atom. The molecule has 0 bridgehead atoms. The normalized spacial score (nSPS) is 17.8. The number of likely N-dealkylation sites (tertiary alicyclic amines) is 1. The Bertz CT molecular complexity index is 530. The molecule has 0 aromatic heterocycles. The van der Waals surface area contributed by atoms with Crippen molar-refractivity contribution in [2.24, 2.45) is 16.6 Å². The second-order valence-electron chi connectivity index (χ2n) is 6.98. The van der Waals surface area contributed by atoms with Gasteiger partial charge >= 0.3 is 0 Å². The molecule has 3 N–H and O–H groups in total. The molecule has 1 aromatic rings. The molecule has 0 aliphatic carbocycles. The first-order valence-corrected chi connectivity index (χ1v) is 8.92. The topological polar surface area (TPSA) is 62.9 Å². The number of methoxy groups -OCH3 is 1. The highest BCUT2D eigenvalue weighted by Crippen LogP contribution is 2.18. The van der Waals surface area contributed by atoms with E-state index in [1.807, 2.05) is 6.92 Å². The summed E-state index contributed by atoms with van der Waals surface area (Å²) in [6.45, 7) is 9.02. The van der Waals surface area contributed by atoms with Crippen molar-refractivity contribution in [3.05, 3.63) is 35.4 Å². The average molecular weight is 460 g/mol. The molecule has 0 saturated carbocycles. The maximum atomic E-state index is 5.93. The van der Waals surface area contributed by atoms with Crippen LogP contribution in [-0.4, -0.2) is 43.7 Å². The summed E-state index contributed by atoms with van der Waals surface area (Å²) in [7, 11) is 1.68. The van der Waals surface area contributed by atoms with E-state index in [2.05, 4.69) is 46.4 Å². The van der Waals surface area contributed by atoms with E-state index in [0.29, 0.717) is 19.1 Å². The van der Waals surface area contributed by atoms with E-state index in [1.165, 1.54) is 37.1 Å². The summed E-state index contributed by atoms with van der Waals surface area (Å²) < 4.78 is 5.08. The Kier molecular flexibility index (Phi) is 10.4. The number of piperidine rings is 1. The maximum Gasteiger partial charge on any atom is 0.189 e. The van der Waals surface area contributed by atoms with Gasteiger partial charge in [0.05, 0.1) is 13.2 Å². The first kappa shape index (κ1) is 22.2. The van der Waals surface area contributed by atoms with Crippen molar-refractivity contribution in [3.8, 4) is 0 Å². The number of aliphatic imine (C=N–C) groups is 1. The number of guanidine groups is 1. The Balaban J connectivity index is 0.00000312. The van der Waals surface area contributed by atoms with Gasteiger partial charge in [-0.1, -0.05) is 31.2 Å². The van der Waals surface area contributed by atoms with E-state index in [-0.39, 0.29) is 30.0 Å². The van der Waals surface area contributed by atoms with Gasteiger partial charge in [0.2, 0.25) is 0 Å². The summed E-state index contributed by atoms with van der Waals surface area (Å²) in [5, 5.41) is 3.13. The fourth-order valence-electron chi connectivity index (χ4n) is 3.07. The van der Waals surface area contributed by atoms with Crippen LogP contribution in [0.2, 0.25) is 0 Å². The molecular formula is C19H33IN4O. The third-order valence-electron chi connectivity index (χ3n) is 4.52. The smallest absolute Gasteiger partial charge is 0.189 e. The van der Waals surface area contributed by atoms with Gasteiger partial charge in [0, 0.05) is 19.7 Å². The van der Waals surface area contributed by atoms with Crippen molar-refractivity contribution in [2.45, 2.75) is 45.8 Å². The van der Waals surface area contributed by atoms with Gasteiger partial charge in [-0.05, 0) is 49.9 Å². The quantitative estimate of drug-likeness (QED) is 0.373. The number of nitrogens with two attached hydrogens (primary N) is 1. The van der Waals surface area contributed by atoms with E-state index < -0.39 is 0 Å². The van der Waals surface area contributed by atoms with E-state index in [0.717, 1.165) is 12.5 Å². The van der Waals surface area contributed by atoms with Crippen LogP contribution in [0.5, 0.6) is 0 Å². The Morgan fingerprint density at radius 1 is 1.36 bits per heavy atom. The van der Waals surface area contributed by atoms with Gasteiger partial charge in [-0.15, -0.1) is 24.0 Å². The van der Waals surface area contributed by atoms with Crippen LogP contribution in [0.3, 0.4) is 0 Å². The summed E-state index contributed by atoms with van der Waals surface area (Å²) in [6, 6.07) is 8.83. The average Bonchev–Trinajstić information content (AvgIpc) is 2.56. The third-order valence-corrected chi connectivity index (χ3v) is 4.52. The highest BCUT2D eigenvalue weighted by molar-refractivity contribution is 14.0. The predicted octanol–water partition coefficient (Wildman–Crippen LogP) is 2.98. The first-order chi connectivity index (χ1) is 11.6. The van der Waals surface area contributed by atoms with E-state index in [1.54, 1.807) is 7.11 Å². The third kappa shape index (κ3) is 8.37. The van der Waals surface area contributed by atoms with Gasteiger partial charge < -0.3 is 15.8 Å². The minimum Gasteiger partial charge on any atom is -0.383 e. The number of nitrogens with one attached hydrogen (secondary N) is 1. The summed E-state index contributed by atoms with van der Waals surface area (Å²) in [5.41, 5.74) is 8.48. The molecule has 6 heteroatoms. The van der Waals surface area contributed by atoms with Gasteiger partial charge in [0.15, 0.2) is 5.96 Å². The van der Waals surface area contributed by atoms with Crippen LogP contribution < -0.4 is 11.1 Å². The zero-order chi connectivity index (χ0) is 17.4. The predicted molar refractivity (Wildman–Crippen MR) is 115 cm³/mol. The minimum atomic E-state index is 0. The van der Waals surface area contributed by atoms with E-state index >= 15 is 0 Å². The molecule has 142 valence electrons. The molecule has 1 saturated heterocycles. The summed E-state index contributed by atoms with van der Waals surface area (Å²) >= 11 is 0. The van der Waals surface area contributed by atoms with Crippen molar-refractivity contribution in [2.75, 3.05) is 26.8 Å². The second kappa shape index (κ2) is 11.7. The van der Waals surface area contributed by atoms with Gasteiger partial charge in [-0.3, -0.25) is 4.90 Å². The number of halogens is 1. The standard InChI is InChI=1S/C19H32N4O.HI/c1-15-7-9-23(10-8-15)13-18-6-4-5-17(11-18)12-21-19(20)22-16(2)14-24-3;/h4-6,11,15-16H,7-10,12-14H2,1-3H3,(H3,20,21,22);1H. The fraction of sp³-hybridized carbons (Fsp3) is 0.632. The monoisotopic (exact) mass is 460 g/mol. The minimum absolute atomic E-state index is 0. The summed E-state index contributed by atoms with van der Waals surface area (Å²) in [6.07, 6.45) is 2.62. The zero-order valence-corrected chi connectivity index (χ0v) is 18.0. The van der Waals surface area contributed by atoms with Gasteiger partial charge in [0.25, 0.3) is 0 Å². The highest BCUT2D eigenvalue weighted by atomic mass is 127. The lowest BCUT2D eigenvalue weighted by atomic mass is 9.98. The van der Waals surface area contributed by atoms with Crippen LogP contribution in [0, 0.1) is 5.92 Å². The van der Waals surface area contributed by atoms with E-state index in [4.69, 9.17) is 10.5 Å². The van der Waals surface area contributed by atoms with Crippen LogP contribution in [0.4, 0.5) is 0 Å². The van der Waals surface area contributed by atoms with Crippen molar-refractivity contribution >= 4 is 29.9 Å². The molecular weight excluding hydrogens is 427 g/mol.